The van der Waals surface area contributed by atoms with Gasteiger partial charge in [0.25, 0.3) is 0 Å². The number of hydrogen-bond acceptors (Lipinski definition) is 4. The van der Waals surface area contributed by atoms with Crippen molar-refractivity contribution in [3.8, 4) is 11.5 Å². The summed E-state index contributed by atoms with van der Waals surface area (Å²) in [5.41, 5.74) is 2.17. The van der Waals surface area contributed by atoms with Gasteiger partial charge in [0.2, 0.25) is 0 Å². The van der Waals surface area contributed by atoms with E-state index in [1.807, 2.05) is 19.1 Å². The average Bonchev–Trinajstić information content (AvgIpc) is 2.35. The monoisotopic (exact) mass is 239 g/mol. The molecule has 0 aromatic heterocycles. The molecule has 1 aromatic carbocycles. The number of ether oxygens (including phenoxy) is 2. The number of rotatable bonds is 7. The van der Waals surface area contributed by atoms with Crippen LogP contribution in [-0.2, 0) is 6.42 Å². The SMILES string of the molecule is COc1ccc(CCNCCO)c(OC)c1C. The first-order valence-electron chi connectivity index (χ1n) is 5.76. The van der Waals surface area contributed by atoms with E-state index >= 15 is 0 Å². The minimum absolute atomic E-state index is 0.165. The average molecular weight is 239 g/mol. The Morgan fingerprint density at radius 2 is 1.94 bits per heavy atom. The molecule has 0 fully saturated rings. The second-order valence-electron chi connectivity index (χ2n) is 3.81. The summed E-state index contributed by atoms with van der Waals surface area (Å²) in [6, 6.07) is 3.98. The predicted octanol–water partition coefficient (Wildman–Crippen LogP) is 1.14. The lowest BCUT2D eigenvalue weighted by atomic mass is 10.1. The van der Waals surface area contributed by atoms with Gasteiger partial charge in [-0.2, -0.15) is 0 Å². The van der Waals surface area contributed by atoms with Crippen molar-refractivity contribution in [3.05, 3.63) is 23.3 Å². The summed E-state index contributed by atoms with van der Waals surface area (Å²) < 4.78 is 10.7. The van der Waals surface area contributed by atoms with Gasteiger partial charge in [-0.05, 0) is 31.5 Å². The molecule has 1 aromatic rings. The topological polar surface area (TPSA) is 50.7 Å². The normalized spacial score (nSPS) is 10.4. The lowest BCUT2D eigenvalue weighted by Crippen LogP contribution is -2.21. The van der Waals surface area contributed by atoms with E-state index in [1.165, 1.54) is 0 Å². The Labute approximate surface area is 103 Å². The van der Waals surface area contributed by atoms with Gasteiger partial charge < -0.3 is 19.9 Å². The van der Waals surface area contributed by atoms with Crippen molar-refractivity contribution in [2.75, 3.05) is 33.9 Å². The first-order chi connectivity index (χ1) is 8.24. The molecule has 0 atom stereocenters. The standard InChI is InChI=1S/C13H21NO3/c1-10-12(16-2)5-4-11(13(10)17-3)6-7-14-8-9-15/h4-5,14-15H,6-9H2,1-3H3. The van der Waals surface area contributed by atoms with Crippen molar-refractivity contribution in [2.24, 2.45) is 0 Å². The summed E-state index contributed by atoms with van der Waals surface area (Å²) in [6.07, 6.45) is 0.869. The van der Waals surface area contributed by atoms with Gasteiger partial charge in [-0.3, -0.25) is 0 Å². The highest BCUT2D eigenvalue weighted by atomic mass is 16.5. The Morgan fingerprint density at radius 1 is 1.18 bits per heavy atom. The van der Waals surface area contributed by atoms with Crippen LogP contribution in [0.3, 0.4) is 0 Å². The van der Waals surface area contributed by atoms with Crippen LogP contribution in [0.25, 0.3) is 0 Å². The van der Waals surface area contributed by atoms with Crippen molar-refractivity contribution in [2.45, 2.75) is 13.3 Å². The van der Waals surface area contributed by atoms with Crippen molar-refractivity contribution in [1.82, 2.24) is 5.32 Å². The minimum atomic E-state index is 0.165. The summed E-state index contributed by atoms with van der Waals surface area (Å²) in [4.78, 5) is 0. The van der Waals surface area contributed by atoms with Gasteiger partial charge in [-0.1, -0.05) is 6.07 Å². The quantitative estimate of drug-likeness (QED) is 0.701. The molecule has 0 spiro atoms. The molecule has 0 heterocycles. The first-order valence-corrected chi connectivity index (χ1v) is 5.76. The Hall–Kier alpha value is -1.26. The molecule has 0 bridgehead atoms. The molecular weight excluding hydrogens is 218 g/mol. The van der Waals surface area contributed by atoms with Crippen molar-refractivity contribution >= 4 is 0 Å². The van der Waals surface area contributed by atoms with E-state index in [0.717, 1.165) is 35.6 Å². The Balaban J connectivity index is 2.74. The molecular formula is C13H21NO3. The maximum absolute atomic E-state index is 8.67. The Kier molecular flexibility index (Phi) is 5.80. The smallest absolute Gasteiger partial charge is 0.128 e. The fraction of sp³-hybridized carbons (Fsp3) is 0.538. The summed E-state index contributed by atoms with van der Waals surface area (Å²) >= 11 is 0. The Morgan fingerprint density at radius 3 is 2.53 bits per heavy atom. The zero-order chi connectivity index (χ0) is 12.7. The molecule has 4 nitrogen and oxygen atoms in total. The highest BCUT2D eigenvalue weighted by Crippen LogP contribution is 2.31. The van der Waals surface area contributed by atoms with Gasteiger partial charge in [-0.15, -0.1) is 0 Å². The van der Waals surface area contributed by atoms with Crippen LogP contribution in [-0.4, -0.2) is 39.0 Å². The molecule has 2 N–H and O–H groups in total. The number of methoxy groups -OCH3 is 2. The number of hydrogen-bond donors (Lipinski definition) is 2. The van der Waals surface area contributed by atoms with E-state index in [9.17, 15) is 0 Å². The summed E-state index contributed by atoms with van der Waals surface area (Å²) in [7, 11) is 3.33. The van der Waals surface area contributed by atoms with Gasteiger partial charge >= 0.3 is 0 Å². The molecule has 1 rings (SSSR count). The number of nitrogens with one attached hydrogen (secondary N) is 1. The van der Waals surface area contributed by atoms with Gasteiger partial charge in [0, 0.05) is 12.1 Å². The zero-order valence-corrected chi connectivity index (χ0v) is 10.7. The van der Waals surface area contributed by atoms with Crippen LogP contribution < -0.4 is 14.8 Å². The molecule has 96 valence electrons. The van der Waals surface area contributed by atoms with Crippen molar-refractivity contribution in [3.63, 3.8) is 0 Å². The zero-order valence-electron chi connectivity index (χ0n) is 10.7. The van der Waals surface area contributed by atoms with E-state index in [1.54, 1.807) is 14.2 Å². The third-order valence-electron chi connectivity index (χ3n) is 2.72. The van der Waals surface area contributed by atoms with Crippen molar-refractivity contribution in [1.29, 1.82) is 0 Å². The van der Waals surface area contributed by atoms with E-state index in [-0.39, 0.29) is 6.61 Å². The van der Waals surface area contributed by atoms with E-state index < -0.39 is 0 Å². The predicted molar refractivity (Wildman–Crippen MR) is 67.9 cm³/mol. The molecule has 0 amide bonds. The molecule has 0 aliphatic rings. The molecule has 0 saturated heterocycles. The first kappa shape index (κ1) is 13.8. The van der Waals surface area contributed by atoms with E-state index in [2.05, 4.69) is 5.32 Å². The number of benzene rings is 1. The molecule has 0 unspecified atom stereocenters. The second kappa shape index (κ2) is 7.14. The summed E-state index contributed by atoms with van der Waals surface area (Å²) in [5.74, 6) is 1.73. The van der Waals surface area contributed by atoms with E-state index in [0.29, 0.717) is 6.54 Å². The molecule has 4 heteroatoms. The molecule has 0 saturated carbocycles. The summed E-state index contributed by atoms with van der Waals surface area (Å²) in [6.45, 7) is 3.60. The highest BCUT2D eigenvalue weighted by molar-refractivity contribution is 5.49. The second-order valence-corrected chi connectivity index (χ2v) is 3.81. The van der Waals surface area contributed by atoms with Crippen LogP contribution >= 0.6 is 0 Å². The maximum atomic E-state index is 8.67. The largest absolute Gasteiger partial charge is 0.496 e. The highest BCUT2D eigenvalue weighted by Gasteiger charge is 2.10. The third kappa shape index (κ3) is 3.61. The molecule has 0 radical (unpaired) electrons. The fourth-order valence-electron chi connectivity index (χ4n) is 1.86. The van der Waals surface area contributed by atoms with Gasteiger partial charge in [0.15, 0.2) is 0 Å². The number of aliphatic hydroxyl groups excluding tert-OH is 1. The van der Waals surface area contributed by atoms with Gasteiger partial charge in [0.1, 0.15) is 11.5 Å². The van der Waals surface area contributed by atoms with Gasteiger partial charge in [0.05, 0.1) is 20.8 Å². The third-order valence-corrected chi connectivity index (χ3v) is 2.72. The lowest BCUT2D eigenvalue weighted by Gasteiger charge is -2.14. The van der Waals surface area contributed by atoms with Crippen LogP contribution in [0.15, 0.2) is 12.1 Å². The van der Waals surface area contributed by atoms with Crippen molar-refractivity contribution < 1.29 is 14.6 Å². The molecule has 0 aliphatic heterocycles. The number of aliphatic hydroxyl groups is 1. The van der Waals surface area contributed by atoms with Crippen LogP contribution in [0.2, 0.25) is 0 Å². The molecule has 0 aliphatic carbocycles. The Bertz CT molecular complexity index is 353. The van der Waals surface area contributed by atoms with E-state index in [4.69, 9.17) is 14.6 Å². The maximum Gasteiger partial charge on any atom is 0.128 e. The van der Waals surface area contributed by atoms with Crippen LogP contribution in [0.1, 0.15) is 11.1 Å². The minimum Gasteiger partial charge on any atom is -0.496 e. The van der Waals surface area contributed by atoms with Gasteiger partial charge in [-0.25, -0.2) is 0 Å². The lowest BCUT2D eigenvalue weighted by molar-refractivity contribution is 0.292. The summed E-state index contributed by atoms with van der Waals surface area (Å²) in [5, 5.41) is 11.8. The van der Waals surface area contributed by atoms with Crippen LogP contribution in [0, 0.1) is 6.92 Å². The molecule has 17 heavy (non-hydrogen) atoms. The van der Waals surface area contributed by atoms with Crippen LogP contribution in [0.5, 0.6) is 11.5 Å². The fourth-order valence-corrected chi connectivity index (χ4v) is 1.86. The van der Waals surface area contributed by atoms with Crippen LogP contribution in [0.4, 0.5) is 0 Å².